The number of benzene rings is 2. The molecule has 0 atom stereocenters. The Balaban J connectivity index is 2.51. The van der Waals surface area contributed by atoms with Crippen LogP contribution < -0.4 is 5.32 Å². The normalized spacial score (nSPS) is 10.9. The van der Waals surface area contributed by atoms with Gasteiger partial charge in [-0.3, -0.25) is 4.79 Å². The van der Waals surface area contributed by atoms with Gasteiger partial charge in [0.05, 0.1) is 0 Å². The minimum absolute atomic E-state index is 0.0891. The molecule has 18 heavy (non-hydrogen) atoms. The van der Waals surface area contributed by atoms with Crippen LogP contribution in [0.3, 0.4) is 0 Å². The third-order valence-electron chi connectivity index (χ3n) is 2.92. The molecule has 2 aromatic carbocycles. The molecular weight excluding hydrogens is 229 g/mol. The zero-order valence-electron chi connectivity index (χ0n) is 10.8. The molecule has 0 unspecified atom stereocenters. The van der Waals surface area contributed by atoms with Crippen LogP contribution in [0.25, 0.3) is 10.8 Å². The number of hydrogen-bond acceptors (Lipinski definition) is 1. The summed E-state index contributed by atoms with van der Waals surface area (Å²) in [6.45, 7) is 5.72. The molecule has 0 aliphatic carbocycles. The summed E-state index contributed by atoms with van der Waals surface area (Å²) in [6, 6.07) is 8.23. The summed E-state index contributed by atoms with van der Waals surface area (Å²) in [4.78, 5) is 12.0. The van der Waals surface area contributed by atoms with E-state index in [1.165, 1.54) is 12.1 Å². The second-order valence-corrected chi connectivity index (χ2v) is 4.73. The third-order valence-corrected chi connectivity index (χ3v) is 2.92. The largest absolute Gasteiger partial charge is 0.350 e. The smallest absolute Gasteiger partial charge is 0.251 e. The van der Waals surface area contributed by atoms with Gasteiger partial charge in [-0.05, 0) is 55.3 Å². The molecule has 0 saturated carbocycles. The van der Waals surface area contributed by atoms with E-state index < -0.39 is 0 Å². The zero-order valence-corrected chi connectivity index (χ0v) is 10.8. The molecule has 3 heteroatoms. The van der Waals surface area contributed by atoms with Crippen LogP contribution in [-0.4, -0.2) is 11.9 Å². The first-order valence-corrected chi connectivity index (χ1v) is 5.99. The SMILES string of the molecule is Cc1c(C(=O)NC(C)C)ccc2cc(F)ccc12. The van der Waals surface area contributed by atoms with Gasteiger partial charge in [0.1, 0.15) is 5.82 Å². The second-order valence-electron chi connectivity index (χ2n) is 4.73. The molecule has 1 amide bonds. The van der Waals surface area contributed by atoms with Crippen molar-refractivity contribution in [2.45, 2.75) is 26.8 Å². The number of hydrogen-bond donors (Lipinski definition) is 1. The van der Waals surface area contributed by atoms with Gasteiger partial charge in [0.15, 0.2) is 0 Å². The predicted octanol–water partition coefficient (Wildman–Crippen LogP) is 3.43. The lowest BCUT2D eigenvalue weighted by Gasteiger charge is -2.12. The van der Waals surface area contributed by atoms with Gasteiger partial charge < -0.3 is 5.32 Å². The monoisotopic (exact) mass is 245 g/mol. The van der Waals surface area contributed by atoms with E-state index in [-0.39, 0.29) is 17.8 Å². The van der Waals surface area contributed by atoms with Crippen LogP contribution >= 0.6 is 0 Å². The Morgan fingerprint density at radius 1 is 1.22 bits per heavy atom. The van der Waals surface area contributed by atoms with Crippen molar-refractivity contribution in [1.29, 1.82) is 0 Å². The highest BCUT2D eigenvalue weighted by molar-refractivity contribution is 6.01. The average Bonchev–Trinajstić information content (AvgIpc) is 2.27. The van der Waals surface area contributed by atoms with Gasteiger partial charge in [0.25, 0.3) is 5.91 Å². The number of carbonyl (C=O) groups excluding carboxylic acids is 1. The zero-order chi connectivity index (χ0) is 13.3. The Hall–Kier alpha value is -1.90. The van der Waals surface area contributed by atoms with E-state index >= 15 is 0 Å². The van der Waals surface area contributed by atoms with Crippen molar-refractivity contribution in [2.75, 3.05) is 0 Å². The first-order valence-electron chi connectivity index (χ1n) is 5.99. The summed E-state index contributed by atoms with van der Waals surface area (Å²) in [7, 11) is 0. The summed E-state index contributed by atoms with van der Waals surface area (Å²) in [6.07, 6.45) is 0. The van der Waals surface area contributed by atoms with Gasteiger partial charge in [-0.2, -0.15) is 0 Å². The number of fused-ring (bicyclic) bond motifs is 1. The van der Waals surface area contributed by atoms with E-state index in [0.29, 0.717) is 5.56 Å². The van der Waals surface area contributed by atoms with Crippen molar-refractivity contribution in [1.82, 2.24) is 5.32 Å². The minimum atomic E-state index is -0.263. The van der Waals surface area contributed by atoms with Crippen molar-refractivity contribution < 1.29 is 9.18 Å². The fourth-order valence-corrected chi connectivity index (χ4v) is 2.04. The molecule has 2 rings (SSSR count). The third kappa shape index (κ3) is 2.35. The van der Waals surface area contributed by atoms with Crippen LogP contribution in [0.1, 0.15) is 29.8 Å². The quantitative estimate of drug-likeness (QED) is 0.863. The number of aryl methyl sites for hydroxylation is 1. The maximum absolute atomic E-state index is 13.1. The minimum Gasteiger partial charge on any atom is -0.350 e. The molecule has 94 valence electrons. The molecule has 0 aliphatic rings. The van der Waals surface area contributed by atoms with Crippen molar-refractivity contribution in [3.05, 3.63) is 47.3 Å². The summed E-state index contributed by atoms with van der Waals surface area (Å²) in [5.74, 6) is -0.352. The molecule has 0 aliphatic heterocycles. The molecule has 2 nitrogen and oxygen atoms in total. The van der Waals surface area contributed by atoms with E-state index in [9.17, 15) is 9.18 Å². The lowest BCUT2D eigenvalue weighted by atomic mass is 9.99. The van der Waals surface area contributed by atoms with E-state index in [1.807, 2.05) is 20.8 Å². The Morgan fingerprint density at radius 3 is 2.61 bits per heavy atom. The van der Waals surface area contributed by atoms with Crippen molar-refractivity contribution in [2.24, 2.45) is 0 Å². The molecule has 0 heterocycles. The average molecular weight is 245 g/mol. The molecule has 0 aromatic heterocycles. The molecule has 0 saturated heterocycles. The number of halogens is 1. The van der Waals surface area contributed by atoms with Gasteiger partial charge in [0, 0.05) is 11.6 Å². The van der Waals surface area contributed by atoms with E-state index in [2.05, 4.69) is 5.32 Å². The molecule has 0 radical (unpaired) electrons. The first-order chi connectivity index (χ1) is 8.49. The highest BCUT2D eigenvalue weighted by Crippen LogP contribution is 2.22. The van der Waals surface area contributed by atoms with Crippen LogP contribution in [0.2, 0.25) is 0 Å². The number of amides is 1. The van der Waals surface area contributed by atoms with E-state index in [0.717, 1.165) is 16.3 Å². The molecule has 0 fully saturated rings. The highest BCUT2D eigenvalue weighted by atomic mass is 19.1. The number of rotatable bonds is 2. The molecule has 0 spiro atoms. The van der Waals surface area contributed by atoms with Crippen molar-refractivity contribution in [3.8, 4) is 0 Å². The summed E-state index contributed by atoms with van der Waals surface area (Å²) >= 11 is 0. The van der Waals surface area contributed by atoms with Crippen LogP contribution in [0.5, 0.6) is 0 Å². The van der Waals surface area contributed by atoms with Crippen molar-refractivity contribution >= 4 is 16.7 Å². The fraction of sp³-hybridized carbons (Fsp3) is 0.267. The second kappa shape index (κ2) is 4.77. The van der Waals surface area contributed by atoms with Crippen LogP contribution in [-0.2, 0) is 0 Å². The summed E-state index contributed by atoms with van der Waals surface area (Å²) in [5.41, 5.74) is 1.52. The molecule has 1 N–H and O–H groups in total. The maximum atomic E-state index is 13.1. The predicted molar refractivity (Wildman–Crippen MR) is 71.2 cm³/mol. The Morgan fingerprint density at radius 2 is 1.94 bits per heavy atom. The van der Waals surface area contributed by atoms with Crippen LogP contribution in [0.4, 0.5) is 4.39 Å². The Labute approximate surface area is 106 Å². The van der Waals surface area contributed by atoms with Gasteiger partial charge in [0.2, 0.25) is 0 Å². The molecular formula is C15H16FNO. The molecule has 0 bridgehead atoms. The van der Waals surface area contributed by atoms with Crippen molar-refractivity contribution in [3.63, 3.8) is 0 Å². The van der Waals surface area contributed by atoms with Gasteiger partial charge in [-0.1, -0.05) is 12.1 Å². The first kappa shape index (κ1) is 12.6. The Bertz CT molecular complexity index is 605. The van der Waals surface area contributed by atoms with Gasteiger partial charge >= 0.3 is 0 Å². The topological polar surface area (TPSA) is 29.1 Å². The van der Waals surface area contributed by atoms with Gasteiger partial charge in [-0.15, -0.1) is 0 Å². The van der Waals surface area contributed by atoms with Gasteiger partial charge in [-0.25, -0.2) is 4.39 Å². The Kier molecular flexibility index (Phi) is 3.32. The maximum Gasteiger partial charge on any atom is 0.251 e. The number of nitrogens with one attached hydrogen (secondary N) is 1. The lowest BCUT2D eigenvalue weighted by molar-refractivity contribution is 0.0942. The highest BCUT2D eigenvalue weighted by Gasteiger charge is 2.12. The standard InChI is InChI=1S/C15H16FNO/c1-9(2)17-15(18)14-6-4-11-8-12(16)5-7-13(11)10(14)3/h4-9H,1-3H3,(H,17,18). The van der Waals surface area contributed by atoms with Crippen LogP contribution in [0.15, 0.2) is 30.3 Å². The molecule has 2 aromatic rings. The summed E-state index contributed by atoms with van der Waals surface area (Å²) < 4.78 is 13.1. The van der Waals surface area contributed by atoms with Crippen LogP contribution in [0, 0.1) is 12.7 Å². The van der Waals surface area contributed by atoms with E-state index in [1.54, 1.807) is 18.2 Å². The fourth-order valence-electron chi connectivity index (χ4n) is 2.04. The summed E-state index contributed by atoms with van der Waals surface area (Å²) in [5, 5.41) is 4.59. The lowest BCUT2D eigenvalue weighted by Crippen LogP contribution is -2.30. The van der Waals surface area contributed by atoms with E-state index in [4.69, 9.17) is 0 Å². The number of carbonyl (C=O) groups is 1.